The summed E-state index contributed by atoms with van der Waals surface area (Å²) in [6.07, 6.45) is 8.51. The molecule has 102 valence electrons. The van der Waals surface area contributed by atoms with E-state index >= 15 is 0 Å². The van der Waals surface area contributed by atoms with Crippen LogP contribution < -0.4 is 10.1 Å². The smallest absolute Gasteiger partial charge is 0.198 e. The molecule has 0 aliphatic carbocycles. The topological polar surface area (TPSA) is 47.0 Å². The lowest BCUT2D eigenvalue weighted by Gasteiger charge is -2.10. The zero-order valence-electron chi connectivity index (χ0n) is 10.9. The number of anilines is 1. The third kappa shape index (κ3) is 5.31. The van der Waals surface area contributed by atoms with Gasteiger partial charge in [0, 0.05) is 6.54 Å². The van der Waals surface area contributed by atoms with Crippen LogP contribution in [0.5, 0.6) is 5.75 Å². The Balaban J connectivity index is 2.25. The van der Waals surface area contributed by atoms with E-state index in [-0.39, 0.29) is 0 Å². The summed E-state index contributed by atoms with van der Waals surface area (Å²) in [6.45, 7) is 0.878. The highest BCUT2D eigenvalue weighted by Gasteiger charge is 2.08. The lowest BCUT2D eigenvalue weighted by molar-refractivity contribution is 0.413. The Morgan fingerprint density at radius 2 is 2.06 bits per heavy atom. The van der Waals surface area contributed by atoms with Gasteiger partial charge >= 0.3 is 0 Å². The second kappa shape index (κ2) is 9.28. The van der Waals surface area contributed by atoms with Crippen molar-refractivity contribution in [3.63, 3.8) is 0 Å². The molecule has 1 aromatic heterocycles. The summed E-state index contributed by atoms with van der Waals surface area (Å²) in [4.78, 5) is 8.00. The van der Waals surface area contributed by atoms with Crippen LogP contribution in [0.4, 0.5) is 5.82 Å². The number of aromatic nitrogens is 2. The Labute approximate surface area is 118 Å². The molecule has 1 aromatic rings. The van der Waals surface area contributed by atoms with E-state index in [2.05, 4.69) is 21.5 Å². The van der Waals surface area contributed by atoms with Crippen LogP contribution in [0.1, 0.15) is 25.7 Å². The minimum atomic E-state index is 0.343. The average Bonchev–Trinajstić information content (AvgIpc) is 2.38. The summed E-state index contributed by atoms with van der Waals surface area (Å²) in [7, 11) is 1.57. The van der Waals surface area contributed by atoms with Crippen molar-refractivity contribution >= 4 is 29.2 Å². The van der Waals surface area contributed by atoms with E-state index in [4.69, 9.17) is 16.3 Å². The van der Waals surface area contributed by atoms with Crippen molar-refractivity contribution in [2.24, 2.45) is 0 Å². The Morgan fingerprint density at radius 3 is 2.78 bits per heavy atom. The molecule has 0 aliphatic rings. The zero-order chi connectivity index (χ0) is 13.2. The van der Waals surface area contributed by atoms with Crippen molar-refractivity contribution in [1.82, 2.24) is 9.97 Å². The summed E-state index contributed by atoms with van der Waals surface area (Å²) in [5, 5.41) is 3.57. The number of halogens is 1. The molecule has 0 aromatic carbocycles. The normalized spacial score (nSPS) is 10.4. The van der Waals surface area contributed by atoms with Crippen LogP contribution in [0.2, 0.25) is 5.15 Å². The maximum absolute atomic E-state index is 5.91. The van der Waals surface area contributed by atoms with E-state index in [0.717, 1.165) is 13.0 Å². The monoisotopic (exact) mass is 289 g/mol. The first-order chi connectivity index (χ1) is 8.79. The SMILES string of the molecule is COc1c(Cl)ncnc1NCCCCCCSC. The maximum Gasteiger partial charge on any atom is 0.198 e. The third-order valence-electron chi connectivity index (χ3n) is 2.53. The average molecular weight is 290 g/mol. The molecule has 18 heavy (non-hydrogen) atoms. The predicted octanol–water partition coefficient (Wildman–Crippen LogP) is 3.47. The van der Waals surface area contributed by atoms with Crippen molar-refractivity contribution in [3.8, 4) is 5.75 Å². The Hall–Kier alpha value is -0.680. The van der Waals surface area contributed by atoms with Gasteiger partial charge in [0.1, 0.15) is 6.33 Å². The van der Waals surface area contributed by atoms with Gasteiger partial charge < -0.3 is 10.1 Å². The van der Waals surface area contributed by atoms with Crippen LogP contribution in [0, 0.1) is 0 Å². The summed E-state index contributed by atoms with van der Waals surface area (Å²) < 4.78 is 5.16. The van der Waals surface area contributed by atoms with E-state index < -0.39 is 0 Å². The number of thioether (sulfide) groups is 1. The fraction of sp³-hybridized carbons (Fsp3) is 0.667. The lowest BCUT2D eigenvalue weighted by Crippen LogP contribution is -2.06. The van der Waals surface area contributed by atoms with E-state index in [1.165, 1.54) is 31.3 Å². The van der Waals surface area contributed by atoms with Gasteiger partial charge in [0.15, 0.2) is 16.7 Å². The number of rotatable bonds is 9. The Kier molecular flexibility index (Phi) is 7.93. The first-order valence-electron chi connectivity index (χ1n) is 6.07. The molecule has 0 bridgehead atoms. The number of ether oxygens (including phenoxy) is 1. The van der Waals surface area contributed by atoms with Gasteiger partial charge in [-0.2, -0.15) is 11.8 Å². The number of hydrogen-bond donors (Lipinski definition) is 1. The molecule has 0 amide bonds. The first kappa shape index (κ1) is 15.4. The molecule has 0 saturated heterocycles. The molecule has 4 nitrogen and oxygen atoms in total. The standard InChI is InChI=1S/C12H20ClN3OS/c1-17-10-11(13)15-9-16-12(10)14-7-5-3-4-6-8-18-2/h9H,3-8H2,1-2H3,(H,14,15,16). The summed E-state index contributed by atoms with van der Waals surface area (Å²) in [5.41, 5.74) is 0. The second-order valence-corrected chi connectivity index (χ2v) is 5.22. The first-order valence-corrected chi connectivity index (χ1v) is 7.84. The van der Waals surface area contributed by atoms with Gasteiger partial charge in [0.05, 0.1) is 7.11 Å². The predicted molar refractivity (Wildman–Crippen MR) is 78.9 cm³/mol. The third-order valence-corrected chi connectivity index (χ3v) is 3.50. The van der Waals surface area contributed by atoms with Gasteiger partial charge in [-0.05, 0) is 24.9 Å². The molecule has 0 fully saturated rings. The van der Waals surface area contributed by atoms with E-state index in [0.29, 0.717) is 16.7 Å². The van der Waals surface area contributed by atoms with Gasteiger partial charge in [-0.25, -0.2) is 9.97 Å². The van der Waals surface area contributed by atoms with Crippen LogP contribution in [-0.4, -0.2) is 35.6 Å². The van der Waals surface area contributed by atoms with E-state index in [9.17, 15) is 0 Å². The molecule has 1 N–H and O–H groups in total. The highest BCUT2D eigenvalue weighted by molar-refractivity contribution is 7.98. The molecular weight excluding hydrogens is 270 g/mol. The summed E-state index contributed by atoms with van der Waals surface area (Å²) in [5.74, 6) is 2.44. The Morgan fingerprint density at radius 1 is 1.28 bits per heavy atom. The van der Waals surface area contributed by atoms with Crippen LogP contribution in [0.25, 0.3) is 0 Å². The highest BCUT2D eigenvalue weighted by Crippen LogP contribution is 2.28. The number of unbranched alkanes of at least 4 members (excludes halogenated alkanes) is 3. The van der Waals surface area contributed by atoms with Crippen molar-refractivity contribution in [2.45, 2.75) is 25.7 Å². The van der Waals surface area contributed by atoms with Gasteiger partial charge in [0.2, 0.25) is 0 Å². The number of nitrogens with one attached hydrogen (secondary N) is 1. The quantitative estimate of drug-likeness (QED) is 0.557. The largest absolute Gasteiger partial charge is 0.490 e. The Bertz CT molecular complexity index is 352. The van der Waals surface area contributed by atoms with E-state index in [1.54, 1.807) is 7.11 Å². The van der Waals surface area contributed by atoms with E-state index in [1.807, 2.05) is 11.8 Å². The van der Waals surface area contributed by atoms with Gasteiger partial charge in [-0.15, -0.1) is 0 Å². The fourth-order valence-electron chi connectivity index (χ4n) is 1.59. The van der Waals surface area contributed by atoms with Crippen LogP contribution >= 0.6 is 23.4 Å². The zero-order valence-corrected chi connectivity index (χ0v) is 12.5. The fourth-order valence-corrected chi connectivity index (χ4v) is 2.29. The van der Waals surface area contributed by atoms with Crippen LogP contribution in [0.3, 0.4) is 0 Å². The molecule has 0 unspecified atom stereocenters. The summed E-state index contributed by atoms with van der Waals surface area (Å²) in [6, 6.07) is 0. The second-order valence-electron chi connectivity index (χ2n) is 3.88. The lowest BCUT2D eigenvalue weighted by atomic mass is 10.2. The number of methoxy groups -OCH3 is 1. The summed E-state index contributed by atoms with van der Waals surface area (Å²) >= 11 is 7.81. The number of nitrogens with zero attached hydrogens (tertiary/aromatic N) is 2. The molecule has 0 aliphatic heterocycles. The van der Waals surface area contributed by atoms with Gasteiger partial charge in [0.25, 0.3) is 0 Å². The molecular formula is C12H20ClN3OS. The van der Waals surface area contributed by atoms with Crippen LogP contribution in [0.15, 0.2) is 6.33 Å². The molecule has 1 rings (SSSR count). The highest BCUT2D eigenvalue weighted by atomic mass is 35.5. The van der Waals surface area contributed by atoms with Crippen molar-refractivity contribution in [1.29, 1.82) is 0 Å². The van der Waals surface area contributed by atoms with Crippen molar-refractivity contribution in [3.05, 3.63) is 11.5 Å². The molecule has 6 heteroatoms. The van der Waals surface area contributed by atoms with Gasteiger partial charge in [-0.3, -0.25) is 0 Å². The van der Waals surface area contributed by atoms with Crippen molar-refractivity contribution < 1.29 is 4.74 Å². The van der Waals surface area contributed by atoms with Crippen molar-refractivity contribution in [2.75, 3.05) is 31.0 Å². The maximum atomic E-state index is 5.91. The number of hydrogen-bond acceptors (Lipinski definition) is 5. The minimum absolute atomic E-state index is 0.343. The molecule has 1 heterocycles. The molecule has 0 saturated carbocycles. The van der Waals surface area contributed by atoms with Crippen LogP contribution in [-0.2, 0) is 0 Å². The molecule has 0 radical (unpaired) electrons. The minimum Gasteiger partial charge on any atom is -0.490 e. The molecule has 0 atom stereocenters. The molecule has 0 spiro atoms. The van der Waals surface area contributed by atoms with Gasteiger partial charge in [-0.1, -0.05) is 24.4 Å².